The van der Waals surface area contributed by atoms with E-state index in [-0.39, 0.29) is 6.10 Å². The smallest absolute Gasteiger partial charge is 0.119 e. The SMILES string of the molecule is CC(C)Oc1ccc(CNCc2ccsc2)cc1. The summed E-state index contributed by atoms with van der Waals surface area (Å²) >= 11 is 1.74. The second kappa shape index (κ2) is 6.57. The minimum Gasteiger partial charge on any atom is -0.491 e. The standard InChI is InChI=1S/C15H19NOS/c1-12(2)17-15-5-3-13(4-6-15)9-16-10-14-7-8-18-11-14/h3-8,11-12,16H,9-10H2,1-2H3. The lowest BCUT2D eigenvalue weighted by atomic mass is 10.2. The molecule has 2 rings (SSSR count). The zero-order chi connectivity index (χ0) is 12.8. The van der Waals surface area contributed by atoms with Gasteiger partial charge in [-0.3, -0.25) is 0 Å². The molecule has 0 amide bonds. The van der Waals surface area contributed by atoms with Gasteiger partial charge in [-0.1, -0.05) is 12.1 Å². The first-order valence-corrected chi connectivity index (χ1v) is 7.16. The fourth-order valence-corrected chi connectivity index (χ4v) is 2.37. The van der Waals surface area contributed by atoms with Crippen LogP contribution in [-0.2, 0) is 13.1 Å². The normalized spacial score (nSPS) is 10.8. The molecular weight excluding hydrogens is 242 g/mol. The minimum atomic E-state index is 0.229. The van der Waals surface area contributed by atoms with Crippen LogP contribution in [0.2, 0.25) is 0 Å². The van der Waals surface area contributed by atoms with Gasteiger partial charge in [0.1, 0.15) is 5.75 Å². The molecule has 1 aromatic heterocycles. The third-order valence-electron chi connectivity index (χ3n) is 2.53. The van der Waals surface area contributed by atoms with Crippen molar-refractivity contribution in [3.63, 3.8) is 0 Å². The van der Waals surface area contributed by atoms with E-state index in [0.29, 0.717) is 0 Å². The van der Waals surface area contributed by atoms with Crippen molar-refractivity contribution in [3.8, 4) is 5.75 Å². The molecule has 0 saturated carbocycles. The van der Waals surface area contributed by atoms with Gasteiger partial charge in [-0.05, 0) is 53.9 Å². The number of hydrogen-bond acceptors (Lipinski definition) is 3. The van der Waals surface area contributed by atoms with Crippen molar-refractivity contribution in [1.82, 2.24) is 5.32 Å². The highest BCUT2D eigenvalue weighted by Gasteiger charge is 1.98. The van der Waals surface area contributed by atoms with Crippen molar-refractivity contribution in [2.75, 3.05) is 0 Å². The van der Waals surface area contributed by atoms with Gasteiger partial charge in [0.2, 0.25) is 0 Å². The summed E-state index contributed by atoms with van der Waals surface area (Å²) < 4.78 is 5.61. The van der Waals surface area contributed by atoms with Crippen LogP contribution in [0.4, 0.5) is 0 Å². The van der Waals surface area contributed by atoms with Crippen LogP contribution in [-0.4, -0.2) is 6.10 Å². The van der Waals surface area contributed by atoms with Gasteiger partial charge in [-0.15, -0.1) is 0 Å². The number of ether oxygens (including phenoxy) is 1. The fourth-order valence-electron chi connectivity index (χ4n) is 1.70. The maximum absolute atomic E-state index is 5.61. The third-order valence-corrected chi connectivity index (χ3v) is 3.27. The Hall–Kier alpha value is -1.32. The van der Waals surface area contributed by atoms with Crippen LogP contribution in [0.25, 0.3) is 0 Å². The Morgan fingerprint density at radius 2 is 1.78 bits per heavy atom. The molecule has 1 heterocycles. The third kappa shape index (κ3) is 4.17. The number of thiophene rings is 1. The van der Waals surface area contributed by atoms with Gasteiger partial charge in [0.15, 0.2) is 0 Å². The molecule has 0 bridgehead atoms. The highest BCUT2D eigenvalue weighted by atomic mass is 32.1. The van der Waals surface area contributed by atoms with Gasteiger partial charge in [0, 0.05) is 13.1 Å². The van der Waals surface area contributed by atoms with E-state index in [1.165, 1.54) is 11.1 Å². The first kappa shape index (κ1) is 13.1. The molecule has 1 aromatic carbocycles. The summed E-state index contributed by atoms with van der Waals surface area (Å²) in [5.41, 5.74) is 2.63. The van der Waals surface area contributed by atoms with Crippen molar-refractivity contribution in [1.29, 1.82) is 0 Å². The lowest BCUT2D eigenvalue weighted by Gasteiger charge is -2.10. The first-order chi connectivity index (χ1) is 8.74. The molecule has 0 spiro atoms. The summed E-state index contributed by atoms with van der Waals surface area (Å²) in [6.45, 7) is 5.89. The number of rotatable bonds is 6. The highest BCUT2D eigenvalue weighted by Crippen LogP contribution is 2.14. The first-order valence-electron chi connectivity index (χ1n) is 6.21. The van der Waals surface area contributed by atoms with Crippen LogP contribution in [0.5, 0.6) is 5.75 Å². The highest BCUT2D eigenvalue weighted by molar-refractivity contribution is 7.07. The van der Waals surface area contributed by atoms with E-state index in [0.717, 1.165) is 18.8 Å². The van der Waals surface area contributed by atoms with E-state index < -0.39 is 0 Å². The van der Waals surface area contributed by atoms with Crippen molar-refractivity contribution in [3.05, 3.63) is 52.2 Å². The number of hydrogen-bond donors (Lipinski definition) is 1. The van der Waals surface area contributed by atoms with Gasteiger partial charge >= 0.3 is 0 Å². The Morgan fingerprint density at radius 3 is 2.39 bits per heavy atom. The maximum atomic E-state index is 5.61. The summed E-state index contributed by atoms with van der Waals surface area (Å²) in [7, 11) is 0. The predicted octanol–water partition coefficient (Wildman–Crippen LogP) is 3.83. The topological polar surface area (TPSA) is 21.3 Å². The van der Waals surface area contributed by atoms with Crippen molar-refractivity contribution < 1.29 is 4.74 Å². The van der Waals surface area contributed by atoms with E-state index in [1.54, 1.807) is 11.3 Å². The molecule has 0 radical (unpaired) electrons. The predicted molar refractivity (Wildman–Crippen MR) is 77.1 cm³/mol. The largest absolute Gasteiger partial charge is 0.491 e. The molecule has 2 nitrogen and oxygen atoms in total. The molecule has 0 saturated heterocycles. The van der Waals surface area contributed by atoms with Crippen molar-refractivity contribution >= 4 is 11.3 Å². The average molecular weight is 261 g/mol. The summed E-state index contributed by atoms with van der Waals surface area (Å²) in [4.78, 5) is 0. The zero-order valence-corrected chi connectivity index (χ0v) is 11.7. The maximum Gasteiger partial charge on any atom is 0.119 e. The lowest BCUT2D eigenvalue weighted by Crippen LogP contribution is -2.12. The van der Waals surface area contributed by atoms with Crippen LogP contribution < -0.4 is 10.1 Å². The van der Waals surface area contributed by atoms with Crippen LogP contribution >= 0.6 is 11.3 Å². The second-order valence-electron chi connectivity index (χ2n) is 4.55. The van der Waals surface area contributed by atoms with Crippen molar-refractivity contribution in [2.24, 2.45) is 0 Å². The molecular formula is C15H19NOS. The quantitative estimate of drug-likeness (QED) is 0.853. The zero-order valence-electron chi connectivity index (χ0n) is 10.8. The van der Waals surface area contributed by atoms with E-state index in [2.05, 4.69) is 34.3 Å². The minimum absolute atomic E-state index is 0.229. The van der Waals surface area contributed by atoms with Crippen molar-refractivity contribution in [2.45, 2.75) is 33.0 Å². The molecule has 0 aliphatic carbocycles. The summed E-state index contributed by atoms with van der Waals surface area (Å²) in [5.74, 6) is 0.937. The van der Waals surface area contributed by atoms with Gasteiger partial charge in [0.05, 0.1) is 6.10 Å². The number of benzene rings is 1. The Bertz CT molecular complexity index is 448. The van der Waals surface area contributed by atoms with Gasteiger partial charge in [-0.25, -0.2) is 0 Å². The molecule has 2 aromatic rings. The molecule has 3 heteroatoms. The average Bonchev–Trinajstić information content (AvgIpc) is 2.84. The lowest BCUT2D eigenvalue weighted by molar-refractivity contribution is 0.242. The van der Waals surface area contributed by atoms with Gasteiger partial charge in [-0.2, -0.15) is 11.3 Å². The molecule has 18 heavy (non-hydrogen) atoms. The Morgan fingerprint density at radius 1 is 1.06 bits per heavy atom. The Labute approximate surface area is 113 Å². The van der Waals surface area contributed by atoms with Gasteiger partial charge in [0.25, 0.3) is 0 Å². The molecule has 0 unspecified atom stereocenters. The molecule has 0 aliphatic rings. The molecule has 0 aliphatic heterocycles. The molecule has 0 fully saturated rings. The van der Waals surface area contributed by atoms with E-state index in [4.69, 9.17) is 4.74 Å². The van der Waals surface area contributed by atoms with Crippen LogP contribution in [0.3, 0.4) is 0 Å². The van der Waals surface area contributed by atoms with Crippen LogP contribution in [0.15, 0.2) is 41.1 Å². The molecule has 96 valence electrons. The summed E-state index contributed by atoms with van der Waals surface area (Å²) in [6.07, 6.45) is 0.229. The van der Waals surface area contributed by atoms with Crippen LogP contribution in [0.1, 0.15) is 25.0 Å². The second-order valence-corrected chi connectivity index (χ2v) is 5.33. The fraction of sp³-hybridized carbons (Fsp3) is 0.333. The Balaban J connectivity index is 1.79. The van der Waals surface area contributed by atoms with E-state index >= 15 is 0 Å². The monoisotopic (exact) mass is 261 g/mol. The van der Waals surface area contributed by atoms with E-state index in [9.17, 15) is 0 Å². The summed E-state index contributed by atoms with van der Waals surface area (Å²) in [5, 5.41) is 7.71. The molecule has 0 atom stereocenters. The summed E-state index contributed by atoms with van der Waals surface area (Å²) in [6, 6.07) is 10.4. The number of nitrogens with one attached hydrogen (secondary N) is 1. The Kier molecular flexibility index (Phi) is 4.79. The van der Waals surface area contributed by atoms with Crippen LogP contribution in [0, 0.1) is 0 Å². The van der Waals surface area contributed by atoms with E-state index in [1.807, 2.05) is 26.0 Å². The molecule has 1 N–H and O–H groups in total. The van der Waals surface area contributed by atoms with Gasteiger partial charge < -0.3 is 10.1 Å².